The van der Waals surface area contributed by atoms with Crippen LogP contribution in [0.3, 0.4) is 0 Å². The summed E-state index contributed by atoms with van der Waals surface area (Å²) in [5.74, 6) is -0.118. The van der Waals surface area contributed by atoms with E-state index in [1.54, 1.807) is 12.0 Å². The maximum absolute atomic E-state index is 14.5. The average Bonchev–Trinajstić information content (AvgIpc) is 3.35. The van der Waals surface area contributed by atoms with Gasteiger partial charge in [0.1, 0.15) is 5.60 Å². The van der Waals surface area contributed by atoms with Crippen molar-refractivity contribution in [3.05, 3.63) is 30.1 Å². The minimum atomic E-state index is -0.686. The largest absolute Gasteiger partial charge is 0.444 e. The number of methoxy groups -OCH3 is 1. The Hall–Kier alpha value is -3.18. The van der Waals surface area contributed by atoms with Crippen LogP contribution >= 0.6 is 0 Å². The van der Waals surface area contributed by atoms with Crippen LogP contribution in [0.25, 0.3) is 11.0 Å². The van der Waals surface area contributed by atoms with E-state index in [0.717, 1.165) is 23.9 Å². The summed E-state index contributed by atoms with van der Waals surface area (Å²) in [7, 11) is 1.69. The Morgan fingerprint density at radius 3 is 2.47 bits per heavy atom. The number of fused-ring (bicyclic) bond motifs is 1. The first-order chi connectivity index (χ1) is 20.5. The third-order valence-electron chi connectivity index (χ3n) is 7.84. The molecule has 11 nitrogen and oxygen atoms in total. The molecule has 4 rings (SSSR count). The Bertz CT molecular complexity index is 1250. The van der Waals surface area contributed by atoms with E-state index in [0.29, 0.717) is 58.2 Å². The SMILES string of the molecule is COCCCCn1c(C(=O)N(CC(C)C)[C@@H]2CC(C(=O)N3CCOCC3)CN(C(=O)OC(C)(C)C)C2)nc2ccccc21. The van der Waals surface area contributed by atoms with Gasteiger partial charge in [0.25, 0.3) is 5.91 Å². The summed E-state index contributed by atoms with van der Waals surface area (Å²) in [6.45, 7) is 13.9. The van der Waals surface area contributed by atoms with Gasteiger partial charge in [-0.3, -0.25) is 9.59 Å². The van der Waals surface area contributed by atoms with Crippen molar-refractivity contribution >= 4 is 28.9 Å². The van der Waals surface area contributed by atoms with E-state index in [2.05, 4.69) is 13.8 Å². The summed E-state index contributed by atoms with van der Waals surface area (Å²) in [6, 6.07) is 7.41. The maximum atomic E-state index is 14.5. The number of piperidine rings is 1. The molecule has 1 unspecified atom stereocenters. The fourth-order valence-corrected chi connectivity index (χ4v) is 5.90. The van der Waals surface area contributed by atoms with Crippen LogP contribution in [0.1, 0.15) is 64.5 Å². The number of hydrogen-bond acceptors (Lipinski definition) is 7. The van der Waals surface area contributed by atoms with Crippen LogP contribution in [0.2, 0.25) is 0 Å². The molecule has 2 fully saturated rings. The lowest BCUT2D eigenvalue weighted by molar-refractivity contribution is -0.142. The van der Waals surface area contributed by atoms with Crippen LogP contribution in [-0.2, 0) is 25.5 Å². The normalized spacial score (nSPS) is 19.6. The van der Waals surface area contributed by atoms with Crippen LogP contribution in [0, 0.1) is 11.8 Å². The predicted octanol–water partition coefficient (Wildman–Crippen LogP) is 4.05. The Kier molecular flexibility index (Phi) is 11.1. The number of unbranched alkanes of at least 4 members (excludes halogenated alkanes) is 1. The second kappa shape index (κ2) is 14.5. The highest BCUT2D eigenvalue weighted by Gasteiger charge is 2.41. The molecule has 2 aliphatic rings. The van der Waals surface area contributed by atoms with Gasteiger partial charge < -0.3 is 33.5 Å². The van der Waals surface area contributed by atoms with E-state index in [1.807, 2.05) is 59.4 Å². The van der Waals surface area contributed by atoms with Crippen molar-refractivity contribution in [1.29, 1.82) is 0 Å². The summed E-state index contributed by atoms with van der Waals surface area (Å²) in [6.07, 6.45) is 1.69. The van der Waals surface area contributed by atoms with E-state index >= 15 is 0 Å². The Morgan fingerprint density at radius 2 is 1.79 bits per heavy atom. The number of rotatable bonds is 10. The topological polar surface area (TPSA) is 106 Å². The molecule has 1 aromatic carbocycles. The van der Waals surface area contributed by atoms with Crippen molar-refractivity contribution in [3.8, 4) is 0 Å². The second-order valence-electron chi connectivity index (χ2n) is 13.0. The van der Waals surface area contributed by atoms with Gasteiger partial charge in [-0.25, -0.2) is 9.78 Å². The van der Waals surface area contributed by atoms with Gasteiger partial charge in [-0.15, -0.1) is 0 Å². The van der Waals surface area contributed by atoms with Gasteiger partial charge in [0.2, 0.25) is 5.91 Å². The molecular weight excluding hydrogens is 550 g/mol. The van der Waals surface area contributed by atoms with Crippen molar-refractivity contribution in [2.45, 2.75) is 72.1 Å². The number of imidazole rings is 1. The van der Waals surface area contributed by atoms with Crippen molar-refractivity contribution in [1.82, 2.24) is 24.3 Å². The average molecular weight is 600 g/mol. The summed E-state index contributed by atoms with van der Waals surface area (Å²) in [4.78, 5) is 51.7. The molecule has 0 N–H and O–H groups in total. The monoisotopic (exact) mass is 599 g/mol. The molecular formula is C32H49N5O6. The van der Waals surface area contributed by atoms with Crippen LogP contribution < -0.4 is 0 Å². The van der Waals surface area contributed by atoms with E-state index in [1.165, 1.54) is 0 Å². The maximum Gasteiger partial charge on any atom is 0.410 e. The Morgan fingerprint density at radius 1 is 1.07 bits per heavy atom. The molecule has 0 aliphatic carbocycles. The van der Waals surface area contributed by atoms with E-state index in [4.69, 9.17) is 19.2 Å². The highest BCUT2D eigenvalue weighted by Crippen LogP contribution is 2.28. The molecule has 1 aromatic heterocycles. The Labute approximate surface area is 255 Å². The van der Waals surface area contributed by atoms with E-state index in [-0.39, 0.29) is 36.9 Å². The standard InChI is InChI=1S/C32H49N5O6/c1-23(2)20-37(30(39)28-33-26-11-7-8-12-27(26)36(28)13-9-10-16-41-6)25-19-24(29(38)34-14-17-42-18-15-34)21-35(22-25)31(40)43-32(3,4)5/h7-8,11-12,23-25H,9-10,13-22H2,1-6H3/t24?,25-/m1/s1. The van der Waals surface area contributed by atoms with Gasteiger partial charge in [0.05, 0.1) is 36.2 Å². The lowest BCUT2D eigenvalue weighted by Gasteiger charge is -2.44. The highest BCUT2D eigenvalue weighted by atomic mass is 16.6. The van der Waals surface area contributed by atoms with Crippen molar-refractivity contribution < 1.29 is 28.6 Å². The fourth-order valence-electron chi connectivity index (χ4n) is 5.90. The van der Waals surface area contributed by atoms with Crippen LogP contribution in [-0.4, -0.2) is 113 Å². The van der Waals surface area contributed by atoms with Gasteiger partial charge in [0.15, 0.2) is 5.82 Å². The summed E-state index contributed by atoms with van der Waals surface area (Å²) in [5, 5.41) is 0. The summed E-state index contributed by atoms with van der Waals surface area (Å²) < 4.78 is 18.5. The number of likely N-dealkylation sites (tertiary alicyclic amines) is 1. The number of carbonyl (C=O) groups is 3. The minimum absolute atomic E-state index is 0.0103. The second-order valence-corrected chi connectivity index (χ2v) is 13.0. The molecule has 2 aromatic rings. The predicted molar refractivity (Wildman–Crippen MR) is 164 cm³/mol. The van der Waals surface area contributed by atoms with Gasteiger partial charge >= 0.3 is 6.09 Å². The zero-order chi connectivity index (χ0) is 31.1. The Balaban J connectivity index is 1.68. The number of morpholine rings is 1. The smallest absolute Gasteiger partial charge is 0.410 e. The molecule has 2 saturated heterocycles. The number of carbonyl (C=O) groups excluding carboxylic acids is 3. The molecule has 3 amide bonds. The molecule has 0 spiro atoms. The zero-order valence-electron chi connectivity index (χ0n) is 26.7. The molecule has 43 heavy (non-hydrogen) atoms. The first-order valence-electron chi connectivity index (χ1n) is 15.6. The fraction of sp³-hybridized carbons (Fsp3) is 0.688. The molecule has 2 atom stereocenters. The highest BCUT2D eigenvalue weighted by molar-refractivity contribution is 5.95. The number of hydrogen-bond donors (Lipinski definition) is 0. The van der Waals surface area contributed by atoms with Crippen LogP contribution in [0.5, 0.6) is 0 Å². The summed E-state index contributed by atoms with van der Waals surface area (Å²) >= 11 is 0. The molecule has 3 heterocycles. The first-order valence-corrected chi connectivity index (χ1v) is 15.6. The number of para-hydroxylation sites is 2. The number of amides is 3. The van der Waals surface area contributed by atoms with Gasteiger partial charge in [-0.1, -0.05) is 26.0 Å². The van der Waals surface area contributed by atoms with E-state index in [9.17, 15) is 14.4 Å². The van der Waals surface area contributed by atoms with E-state index < -0.39 is 17.6 Å². The van der Waals surface area contributed by atoms with Crippen molar-refractivity contribution in [2.75, 3.05) is 59.7 Å². The van der Waals surface area contributed by atoms with Crippen LogP contribution in [0.4, 0.5) is 4.79 Å². The molecule has 0 saturated carbocycles. The van der Waals surface area contributed by atoms with Crippen molar-refractivity contribution in [2.24, 2.45) is 11.8 Å². The van der Waals surface area contributed by atoms with Crippen LogP contribution in [0.15, 0.2) is 24.3 Å². The number of benzene rings is 1. The number of ether oxygens (including phenoxy) is 3. The van der Waals surface area contributed by atoms with Gasteiger partial charge in [-0.2, -0.15) is 0 Å². The third kappa shape index (κ3) is 8.47. The molecule has 0 radical (unpaired) electrons. The van der Waals surface area contributed by atoms with Crippen molar-refractivity contribution in [3.63, 3.8) is 0 Å². The number of nitrogens with zero attached hydrogens (tertiary/aromatic N) is 5. The molecule has 0 bridgehead atoms. The van der Waals surface area contributed by atoms with Gasteiger partial charge in [-0.05, 0) is 58.1 Å². The number of aryl methyl sites for hydroxylation is 1. The zero-order valence-corrected chi connectivity index (χ0v) is 26.7. The van der Waals surface area contributed by atoms with Gasteiger partial charge in [0, 0.05) is 53.0 Å². The quantitative estimate of drug-likeness (QED) is 0.380. The first kappa shape index (κ1) is 32.7. The lowest BCUT2D eigenvalue weighted by Crippen LogP contribution is -2.58. The molecule has 2 aliphatic heterocycles. The minimum Gasteiger partial charge on any atom is -0.444 e. The number of aromatic nitrogens is 2. The lowest BCUT2D eigenvalue weighted by atomic mass is 9.91. The molecule has 238 valence electrons. The third-order valence-corrected chi connectivity index (χ3v) is 7.84. The summed E-state index contributed by atoms with van der Waals surface area (Å²) in [5.41, 5.74) is 0.989. The molecule has 11 heteroatoms.